The molecule has 1 amide bonds. The lowest BCUT2D eigenvalue weighted by molar-refractivity contribution is -0.158. The molecule has 4 rings (SSSR count). The Labute approximate surface area is 229 Å². The second-order valence-corrected chi connectivity index (χ2v) is 13.3. The summed E-state index contributed by atoms with van der Waals surface area (Å²) in [5, 5.41) is 0.305. The van der Waals surface area contributed by atoms with Crippen molar-refractivity contribution < 1.29 is 27.5 Å². The van der Waals surface area contributed by atoms with Gasteiger partial charge >= 0.3 is 5.97 Å². The van der Waals surface area contributed by atoms with Gasteiger partial charge in [-0.3, -0.25) is 14.4 Å². The van der Waals surface area contributed by atoms with Crippen LogP contribution in [0.25, 0.3) is 11.1 Å². The zero-order valence-corrected chi connectivity index (χ0v) is 23.8. The highest BCUT2D eigenvalue weighted by molar-refractivity contribution is 7.90. The van der Waals surface area contributed by atoms with Crippen molar-refractivity contribution in [3.05, 3.63) is 52.5 Å². The van der Waals surface area contributed by atoms with Crippen LogP contribution >= 0.6 is 11.6 Å². The number of carbonyl (C=O) groups is 3. The normalized spacial score (nSPS) is 19.3. The van der Waals surface area contributed by atoms with Gasteiger partial charge in [0.1, 0.15) is 5.92 Å². The largest absolute Gasteiger partial charge is 0.450 e. The quantitative estimate of drug-likeness (QED) is 0.345. The van der Waals surface area contributed by atoms with E-state index in [0.29, 0.717) is 52.7 Å². The summed E-state index contributed by atoms with van der Waals surface area (Å²) in [6.07, 6.45) is 4.02. The van der Waals surface area contributed by atoms with Crippen LogP contribution in [0.4, 0.5) is 0 Å². The lowest BCUT2D eigenvalue weighted by Gasteiger charge is -2.37. The molecule has 0 N–H and O–H groups in total. The lowest BCUT2D eigenvalue weighted by Crippen LogP contribution is -2.50. The van der Waals surface area contributed by atoms with Gasteiger partial charge in [0.15, 0.2) is 21.2 Å². The van der Waals surface area contributed by atoms with Crippen molar-refractivity contribution in [1.29, 1.82) is 0 Å². The number of likely N-dealkylation sites (tertiary alicyclic amines) is 1. The minimum absolute atomic E-state index is 0.0759. The Morgan fingerprint density at radius 3 is 2.47 bits per heavy atom. The highest BCUT2D eigenvalue weighted by Gasteiger charge is 2.57. The van der Waals surface area contributed by atoms with Crippen LogP contribution in [0.2, 0.25) is 5.02 Å². The molecule has 204 valence electrons. The third kappa shape index (κ3) is 5.66. The van der Waals surface area contributed by atoms with Gasteiger partial charge in [0.2, 0.25) is 5.91 Å². The Balaban J connectivity index is 1.53. The summed E-state index contributed by atoms with van der Waals surface area (Å²) in [4.78, 5) is 41.2. The number of ether oxygens (including phenoxy) is 1. The average Bonchev–Trinajstić information content (AvgIpc) is 3.08. The van der Waals surface area contributed by atoms with E-state index in [1.165, 1.54) is 6.07 Å². The van der Waals surface area contributed by atoms with E-state index in [2.05, 4.69) is 13.8 Å². The Kier molecular flexibility index (Phi) is 8.05. The molecule has 0 aliphatic carbocycles. The molecule has 2 aromatic rings. The molecule has 2 saturated heterocycles. The number of Topliss-reactive ketones (excluding diaryl/α,β-unsaturated/α-hetero) is 1. The Morgan fingerprint density at radius 1 is 1.16 bits per heavy atom. The molecule has 2 aromatic carbocycles. The number of piperidine rings is 1. The maximum absolute atomic E-state index is 13.6. The zero-order chi connectivity index (χ0) is 27.8. The van der Waals surface area contributed by atoms with Crippen LogP contribution in [-0.2, 0) is 29.0 Å². The molecule has 0 bridgehead atoms. The van der Waals surface area contributed by atoms with Crippen molar-refractivity contribution in [2.45, 2.75) is 69.3 Å². The topological polar surface area (TPSA) is 97.8 Å². The zero-order valence-electron chi connectivity index (χ0n) is 22.3. The van der Waals surface area contributed by atoms with E-state index in [9.17, 15) is 22.8 Å². The molecule has 1 unspecified atom stereocenters. The molecule has 2 aliphatic heterocycles. The number of benzene rings is 2. The van der Waals surface area contributed by atoms with E-state index in [1.807, 2.05) is 0 Å². The van der Waals surface area contributed by atoms with Gasteiger partial charge in [-0.15, -0.1) is 0 Å². The van der Waals surface area contributed by atoms with Gasteiger partial charge in [0, 0.05) is 49.2 Å². The fraction of sp³-hybridized carbons (Fsp3) is 0.483. The van der Waals surface area contributed by atoms with Gasteiger partial charge in [0.05, 0.1) is 4.90 Å². The number of sulfone groups is 1. The highest BCUT2D eigenvalue weighted by Crippen LogP contribution is 2.43. The number of rotatable bonds is 7. The van der Waals surface area contributed by atoms with Gasteiger partial charge in [-0.05, 0) is 60.2 Å². The molecular weight excluding hydrogens is 526 g/mol. The molecule has 2 heterocycles. The second-order valence-electron chi connectivity index (χ2n) is 10.9. The first-order valence-electron chi connectivity index (χ1n) is 13.0. The van der Waals surface area contributed by atoms with Crippen molar-refractivity contribution in [3.8, 4) is 11.1 Å². The fourth-order valence-corrected chi connectivity index (χ4v) is 6.30. The molecule has 9 heteroatoms. The van der Waals surface area contributed by atoms with Crippen LogP contribution in [0.1, 0.15) is 63.0 Å². The molecule has 38 heavy (non-hydrogen) atoms. The van der Waals surface area contributed by atoms with Gasteiger partial charge in [0.25, 0.3) is 0 Å². The van der Waals surface area contributed by atoms with Crippen LogP contribution in [0.3, 0.4) is 0 Å². The van der Waals surface area contributed by atoms with E-state index in [0.717, 1.165) is 19.1 Å². The first-order valence-corrected chi connectivity index (χ1v) is 15.2. The van der Waals surface area contributed by atoms with Crippen molar-refractivity contribution in [3.63, 3.8) is 0 Å². The molecule has 2 aliphatic rings. The first-order chi connectivity index (χ1) is 17.8. The molecular formula is C29H34ClNO6S. The summed E-state index contributed by atoms with van der Waals surface area (Å²) in [5.41, 5.74) is 1.17. The summed E-state index contributed by atoms with van der Waals surface area (Å²) in [6.45, 7) is 6.80. The molecule has 1 atom stereocenters. The SMILES string of the molecule is Cc1cc(-c2cccc(S(C)(=O)=O)c2)c(Cl)cc1C1C(=O)OC2(CCN(C(=O)CCCC(C)C)CC2)C1=O. The third-order valence-corrected chi connectivity index (χ3v) is 9.00. The van der Waals surface area contributed by atoms with Gasteiger partial charge in [-0.25, -0.2) is 8.42 Å². The Hall–Kier alpha value is -2.71. The van der Waals surface area contributed by atoms with Crippen molar-refractivity contribution in [2.24, 2.45) is 5.92 Å². The van der Waals surface area contributed by atoms with E-state index in [-0.39, 0.29) is 29.4 Å². The van der Waals surface area contributed by atoms with E-state index in [4.69, 9.17) is 16.3 Å². The monoisotopic (exact) mass is 559 g/mol. The van der Waals surface area contributed by atoms with Crippen molar-refractivity contribution >= 4 is 39.1 Å². The number of ketones is 1. The van der Waals surface area contributed by atoms with Gasteiger partial charge in [-0.1, -0.05) is 44.0 Å². The number of aryl methyl sites for hydroxylation is 1. The smallest absolute Gasteiger partial charge is 0.322 e. The number of esters is 1. The Morgan fingerprint density at radius 2 is 1.84 bits per heavy atom. The summed E-state index contributed by atoms with van der Waals surface area (Å²) in [7, 11) is -3.40. The molecule has 7 nitrogen and oxygen atoms in total. The minimum Gasteiger partial charge on any atom is -0.450 e. The minimum atomic E-state index is -3.40. The number of carbonyl (C=O) groups excluding carboxylic acids is 3. The van der Waals surface area contributed by atoms with Crippen LogP contribution < -0.4 is 0 Å². The summed E-state index contributed by atoms with van der Waals surface area (Å²) in [6, 6.07) is 9.85. The van der Waals surface area contributed by atoms with Crippen LogP contribution in [0.15, 0.2) is 41.3 Å². The number of nitrogens with zero attached hydrogens (tertiary/aromatic N) is 1. The molecule has 0 aromatic heterocycles. The van der Waals surface area contributed by atoms with Crippen molar-refractivity contribution in [1.82, 2.24) is 4.90 Å². The van der Waals surface area contributed by atoms with E-state index < -0.39 is 27.3 Å². The Bertz CT molecular complexity index is 1380. The number of amides is 1. The average molecular weight is 560 g/mol. The molecule has 2 fully saturated rings. The highest BCUT2D eigenvalue weighted by atomic mass is 35.5. The maximum atomic E-state index is 13.6. The number of hydrogen-bond acceptors (Lipinski definition) is 6. The maximum Gasteiger partial charge on any atom is 0.322 e. The summed E-state index contributed by atoms with van der Waals surface area (Å²) >= 11 is 6.61. The first kappa shape index (κ1) is 28.3. The number of halogens is 1. The van der Waals surface area contributed by atoms with Crippen molar-refractivity contribution in [2.75, 3.05) is 19.3 Å². The van der Waals surface area contributed by atoms with E-state index in [1.54, 1.807) is 42.2 Å². The predicted molar refractivity (Wildman–Crippen MR) is 146 cm³/mol. The summed E-state index contributed by atoms with van der Waals surface area (Å²) in [5.74, 6) is -1.36. The third-order valence-electron chi connectivity index (χ3n) is 7.58. The molecule has 1 spiro atoms. The summed E-state index contributed by atoms with van der Waals surface area (Å²) < 4.78 is 29.7. The number of hydrogen-bond donors (Lipinski definition) is 0. The molecule has 0 radical (unpaired) electrons. The standard InChI is InChI=1S/C29H34ClNO6S/c1-18(2)7-5-10-25(32)31-13-11-29(12-14-31)27(33)26(28(34)37-29)22-17-24(30)23(15-19(22)3)20-8-6-9-21(16-20)38(4,35)36/h6,8-9,15-18,26H,5,7,10-14H2,1-4H3. The van der Waals surface area contributed by atoms with Crippen LogP contribution in [-0.4, -0.2) is 55.9 Å². The van der Waals surface area contributed by atoms with E-state index >= 15 is 0 Å². The molecule has 0 saturated carbocycles. The van der Waals surface area contributed by atoms with Gasteiger partial charge in [-0.2, -0.15) is 0 Å². The predicted octanol–water partition coefficient (Wildman–Crippen LogP) is 5.12. The van der Waals surface area contributed by atoms with Crippen LogP contribution in [0.5, 0.6) is 0 Å². The van der Waals surface area contributed by atoms with Crippen LogP contribution in [0, 0.1) is 12.8 Å². The second kappa shape index (κ2) is 10.8. The fourth-order valence-electron chi connectivity index (χ4n) is 5.35. The lowest BCUT2D eigenvalue weighted by atomic mass is 9.80. The van der Waals surface area contributed by atoms with Gasteiger partial charge < -0.3 is 9.64 Å².